The van der Waals surface area contributed by atoms with E-state index in [0.717, 1.165) is 28.5 Å². The molecule has 1 aliphatic heterocycles. The van der Waals surface area contributed by atoms with Crippen molar-refractivity contribution in [3.8, 4) is 11.1 Å². The summed E-state index contributed by atoms with van der Waals surface area (Å²) in [6.07, 6.45) is 5.35. The van der Waals surface area contributed by atoms with Gasteiger partial charge in [0.25, 0.3) is 0 Å². The third kappa shape index (κ3) is 6.06. The van der Waals surface area contributed by atoms with E-state index in [-0.39, 0.29) is 42.9 Å². The maximum absolute atomic E-state index is 14.2. The molecule has 2 aliphatic rings. The number of carbonyl (C=O) groups excluding carboxylic acids is 3. The van der Waals surface area contributed by atoms with Gasteiger partial charge in [0.15, 0.2) is 5.78 Å². The molecule has 240 valence electrons. The predicted molar refractivity (Wildman–Crippen MR) is 174 cm³/mol. The van der Waals surface area contributed by atoms with Crippen LogP contribution in [0.25, 0.3) is 22.0 Å². The minimum absolute atomic E-state index is 0.113. The van der Waals surface area contributed by atoms with Gasteiger partial charge in [0.2, 0.25) is 21.8 Å². The van der Waals surface area contributed by atoms with Crippen molar-refractivity contribution in [1.29, 1.82) is 0 Å². The Balaban J connectivity index is 1.34. The highest BCUT2D eigenvalue weighted by Gasteiger charge is 2.67. The van der Waals surface area contributed by atoms with Crippen molar-refractivity contribution in [2.24, 2.45) is 5.41 Å². The van der Waals surface area contributed by atoms with Crippen molar-refractivity contribution < 1.29 is 22.8 Å². The molecule has 0 spiro atoms. The summed E-state index contributed by atoms with van der Waals surface area (Å²) in [6, 6.07) is 6.16. The smallest absolute Gasteiger partial charge is 0.248 e. The topological polar surface area (TPSA) is 169 Å². The summed E-state index contributed by atoms with van der Waals surface area (Å²) in [4.78, 5) is 55.1. The summed E-state index contributed by atoms with van der Waals surface area (Å²) in [5.74, 6) is -0.0240. The van der Waals surface area contributed by atoms with Gasteiger partial charge in [0, 0.05) is 48.3 Å². The molecule has 3 atom stereocenters. The molecule has 15 heteroatoms. The fourth-order valence-corrected chi connectivity index (χ4v) is 7.25. The van der Waals surface area contributed by atoms with Gasteiger partial charge in [-0.25, -0.2) is 28.1 Å². The molecule has 0 unspecified atom stereocenters. The molecule has 1 aliphatic carbocycles. The standard InChI is InChI=1S/C31H33BrN8O5S/c1-16-6-7-25(32)36-29(16)37-30(43)23-10-31(15-35-46(5,44)45)11-24(31)40(23)26(42)14-39-28-17(2)8-20(21-12-33-19(4)34-13-21)9-22(28)27(38-39)18(3)41/h6-9,12-13,23-24,35H,10-11,14-15H2,1-5H3,(H,36,37,43)/t23-,24+,31-/m0/s1. The third-order valence-electron chi connectivity index (χ3n) is 8.77. The van der Waals surface area contributed by atoms with Gasteiger partial charge in [0.1, 0.15) is 34.5 Å². The number of carbonyl (C=O) groups is 3. The highest BCUT2D eigenvalue weighted by atomic mass is 79.9. The summed E-state index contributed by atoms with van der Waals surface area (Å²) in [7, 11) is -3.49. The molecule has 4 aromatic rings. The number of fused-ring (bicyclic) bond motifs is 2. The number of sulfonamides is 1. The first kappa shape index (κ1) is 31.9. The quantitative estimate of drug-likeness (QED) is 0.196. The van der Waals surface area contributed by atoms with E-state index < -0.39 is 27.4 Å². The van der Waals surface area contributed by atoms with Crippen LogP contribution in [0.2, 0.25) is 0 Å². The third-order valence-corrected chi connectivity index (χ3v) is 9.88. The monoisotopic (exact) mass is 708 g/mol. The highest BCUT2D eigenvalue weighted by molar-refractivity contribution is 9.10. The number of aromatic nitrogens is 5. The number of nitrogens with zero attached hydrogens (tertiary/aromatic N) is 6. The van der Waals surface area contributed by atoms with Gasteiger partial charge in [-0.2, -0.15) is 5.10 Å². The van der Waals surface area contributed by atoms with Crippen LogP contribution < -0.4 is 10.0 Å². The van der Waals surface area contributed by atoms with Gasteiger partial charge in [-0.1, -0.05) is 6.07 Å². The van der Waals surface area contributed by atoms with Crippen LogP contribution in [0.1, 0.15) is 47.2 Å². The second kappa shape index (κ2) is 11.6. The lowest BCUT2D eigenvalue weighted by Gasteiger charge is -2.27. The van der Waals surface area contributed by atoms with Gasteiger partial charge in [0.05, 0.1) is 11.8 Å². The number of amides is 2. The van der Waals surface area contributed by atoms with Crippen LogP contribution in [-0.4, -0.2) is 80.5 Å². The van der Waals surface area contributed by atoms with E-state index in [1.54, 1.807) is 30.3 Å². The fraction of sp³-hybridized carbons (Fsp3) is 0.387. The largest absolute Gasteiger partial charge is 0.325 e. The van der Waals surface area contributed by atoms with Crippen LogP contribution in [0.5, 0.6) is 0 Å². The maximum atomic E-state index is 14.2. The zero-order valence-corrected chi connectivity index (χ0v) is 28.4. The van der Waals surface area contributed by atoms with Gasteiger partial charge >= 0.3 is 0 Å². The summed E-state index contributed by atoms with van der Waals surface area (Å²) in [5, 5.41) is 8.04. The number of rotatable bonds is 9. The molecule has 4 heterocycles. The first-order valence-corrected chi connectivity index (χ1v) is 17.4. The van der Waals surface area contributed by atoms with Crippen molar-refractivity contribution in [2.75, 3.05) is 18.1 Å². The number of nitrogens with one attached hydrogen (secondary N) is 2. The number of aryl methyl sites for hydroxylation is 3. The second-order valence-electron chi connectivity index (χ2n) is 12.3. The summed E-state index contributed by atoms with van der Waals surface area (Å²) in [5.41, 5.74) is 3.42. The number of pyridine rings is 1. The number of anilines is 1. The van der Waals surface area contributed by atoms with Crippen LogP contribution >= 0.6 is 15.9 Å². The van der Waals surface area contributed by atoms with Crippen molar-refractivity contribution in [2.45, 2.75) is 59.2 Å². The van der Waals surface area contributed by atoms with Crippen LogP contribution in [0.4, 0.5) is 5.82 Å². The fourth-order valence-electron chi connectivity index (χ4n) is 6.39. The lowest BCUT2D eigenvalue weighted by Crippen LogP contribution is -2.47. The zero-order valence-electron chi connectivity index (χ0n) is 26.0. The highest BCUT2D eigenvalue weighted by Crippen LogP contribution is 2.59. The summed E-state index contributed by atoms with van der Waals surface area (Å²) in [6.45, 7) is 6.82. The molecule has 1 aromatic carbocycles. The number of ketones is 1. The number of likely N-dealkylation sites (tertiary alicyclic amines) is 1. The molecular formula is C31H33BrN8O5S. The Morgan fingerprint density at radius 3 is 2.43 bits per heavy atom. The zero-order chi connectivity index (χ0) is 33.1. The Morgan fingerprint density at radius 2 is 1.76 bits per heavy atom. The molecule has 2 fully saturated rings. The minimum atomic E-state index is -3.49. The molecule has 1 saturated carbocycles. The van der Waals surface area contributed by atoms with E-state index in [1.165, 1.54) is 11.6 Å². The van der Waals surface area contributed by atoms with Crippen molar-refractivity contribution >= 4 is 60.3 Å². The molecule has 0 bridgehead atoms. The SMILES string of the molecule is CC(=O)c1nn(CC(=O)N2[C@H](C(=O)Nc3nc(Br)ccc3C)C[C@@]3(CNS(C)(=O)=O)C[C@@H]23)c2c(C)cc(-c3cnc(C)nc3)cc12. The average Bonchev–Trinajstić information content (AvgIpc) is 3.39. The Hall–Kier alpha value is -4.08. The van der Waals surface area contributed by atoms with Crippen LogP contribution in [0.15, 0.2) is 41.3 Å². The molecule has 6 rings (SSSR count). The van der Waals surface area contributed by atoms with E-state index in [0.29, 0.717) is 33.6 Å². The van der Waals surface area contributed by atoms with Crippen LogP contribution in [-0.2, 0) is 26.2 Å². The van der Waals surface area contributed by atoms with Gasteiger partial charge in [-0.3, -0.25) is 19.1 Å². The van der Waals surface area contributed by atoms with Gasteiger partial charge in [-0.15, -0.1) is 0 Å². The van der Waals surface area contributed by atoms with E-state index in [2.05, 4.69) is 46.0 Å². The molecule has 1 saturated heterocycles. The van der Waals surface area contributed by atoms with Crippen molar-refractivity contribution in [3.05, 3.63) is 63.9 Å². The Morgan fingerprint density at radius 1 is 1.04 bits per heavy atom. The minimum Gasteiger partial charge on any atom is -0.325 e. The van der Waals surface area contributed by atoms with Gasteiger partial charge < -0.3 is 10.2 Å². The summed E-state index contributed by atoms with van der Waals surface area (Å²) < 4.78 is 28.5. The van der Waals surface area contributed by atoms with E-state index in [9.17, 15) is 22.8 Å². The Bertz CT molecular complexity index is 2030. The predicted octanol–water partition coefficient (Wildman–Crippen LogP) is 3.33. The van der Waals surface area contributed by atoms with E-state index in [1.807, 2.05) is 32.0 Å². The number of Topliss-reactive ketones (excluding diaryl/α,β-unsaturated/α-hetero) is 1. The maximum Gasteiger partial charge on any atom is 0.248 e. The van der Waals surface area contributed by atoms with Crippen LogP contribution in [0.3, 0.4) is 0 Å². The lowest BCUT2D eigenvalue weighted by atomic mass is 9.99. The number of hydrogen-bond acceptors (Lipinski definition) is 9. The van der Waals surface area contributed by atoms with Crippen LogP contribution in [0, 0.1) is 26.2 Å². The molecule has 13 nitrogen and oxygen atoms in total. The molecule has 2 N–H and O–H groups in total. The first-order valence-electron chi connectivity index (χ1n) is 14.7. The number of hydrogen-bond donors (Lipinski definition) is 2. The Kier molecular flexibility index (Phi) is 8.05. The number of piperidine rings is 1. The average molecular weight is 710 g/mol. The van der Waals surface area contributed by atoms with Crippen molar-refractivity contribution in [1.82, 2.24) is 34.4 Å². The normalized spacial score (nSPS) is 20.5. The van der Waals surface area contributed by atoms with Crippen molar-refractivity contribution in [3.63, 3.8) is 0 Å². The summed E-state index contributed by atoms with van der Waals surface area (Å²) >= 11 is 3.33. The van der Waals surface area contributed by atoms with Gasteiger partial charge in [-0.05, 0) is 84.4 Å². The lowest BCUT2D eigenvalue weighted by molar-refractivity contribution is -0.138. The Labute approximate surface area is 274 Å². The molecular weight excluding hydrogens is 676 g/mol. The molecule has 2 amide bonds. The van der Waals surface area contributed by atoms with E-state index >= 15 is 0 Å². The molecule has 46 heavy (non-hydrogen) atoms. The first-order chi connectivity index (χ1) is 21.7. The second-order valence-corrected chi connectivity index (χ2v) is 14.9. The number of halogens is 1. The molecule has 3 aromatic heterocycles. The number of benzene rings is 1. The van der Waals surface area contributed by atoms with E-state index in [4.69, 9.17) is 0 Å². The molecule has 0 radical (unpaired) electrons.